The van der Waals surface area contributed by atoms with E-state index >= 15 is 0 Å². The van der Waals surface area contributed by atoms with Gasteiger partial charge in [-0.2, -0.15) is 0 Å². The van der Waals surface area contributed by atoms with Gasteiger partial charge in [-0.15, -0.1) is 0 Å². The Morgan fingerprint density at radius 2 is 1.79 bits per heavy atom. The quantitative estimate of drug-likeness (QED) is 0.678. The fraction of sp³-hybridized carbons (Fsp3) is 0.188. The fourth-order valence-corrected chi connectivity index (χ4v) is 3.09. The lowest BCUT2D eigenvalue weighted by Gasteiger charge is -2.01. The fourth-order valence-electron chi connectivity index (χ4n) is 2.41. The first-order valence-corrected chi connectivity index (χ1v) is 7.07. The zero-order valence-electron chi connectivity index (χ0n) is 11.2. The van der Waals surface area contributed by atoms with Crippen LogP contribution in [0.2, 0.25) is 0 Å². The summed E-state index contributed by atoms with van der Waals surface area (Å²) in [5.41, 5.74) is 6.94. The molecule has 0 fully saturated rings. The third-order valence-corrected chi connectivity index (χ3v) is 3.96. The first-order chi connectivity index (χ1) is 9.04. The average molecular weight is 315 g/mol. The lowest BCUT2D eigenvalue weighted by atomic mass is 10.1. The van der Waals surface area contributed by atoms with Gasteiger partial charge >= 0.3 is 0 Å². The summed E-state index contributed by atoms with van der Waals surface area (Å²) >= 11 is 3.61. The summed E-state index contributed by atoms with van der Waals surface area (Å²) in [6, 6.07) is 10.6. The summed E-state index contributed by atoms with van der Waals surface area (Å²) in [6.07, 6.45) is 0. The van der Waals surface area contributed by atoms with E-state index in [1.54, 1.807) is 0 Å². The molecule has 19 heavy (non-hydrogen) atoms. The second-order valence-electron chi connectivity index (χ2n) is 5.05. The van der Waals surface area contributed by atoms with Crippen molar-refractivity contribution in [3.05, 3.63) is 51.5 Å². The Morgan fingerprint density at radius 1 is 1.00 bits per heavy atom. The zero-order chi connectivity index (χ0) is 13.6. The maximum atomic E-state index is 4.73. The van der Waals surface area contributed by atoms with Crippen LogP contribution in [0, 0.1) is 20.8 Å². The molecule has 2 nitrogen and oxygen atoms in total. The first kappa shape index (κ1) is 12.4. The standard InChI is InChI=1S/C16H15BrN2/c1-9-4-5-12(13(17)7-9)16-18-14-8-10(2)6-11(3)15(14)19-16/h4-8H,1-3H3,(H,18,19). The summed E-state index contributed by atoms with van der Waals surface area (Å²) in [6.45, 7) is 6.29. The number of nitrogens with zero attached hydrogens (tertiary/aromatic N) is 1. The van der Waals surface area contributed by atoms with Crippen LogP contribution in [0.25, 0.3) is 22.4 Å². The van der Waals surface area contributed by atoms with Crippen LogP contribution in [0.5, 0.6) is 0 Å². The van der Waals surface area contributed by atoms with Gasteiger partial charge in [0, 0.05) is 10.0 Å². The molecule has 3 aromatic rings. The molecule has 96 valence electrons. The molecule has 0 aliphatic rings. The number of hydrogen-bond donors (Lipinski definition) is 1. The second-order valence-corrected chi connectivity index (χ2v) is 5.90. The van der Waals surface area contributed by atoms with Crippen molar-refractivity contribution < 1.29 is 0 Å². The first-order valence-electron chi connectivity index (χ1n) is 6.28. The highest BCUT2D eigenvalue weighted by Gasteiger charge is 2.10. The molecule has 0 aliphatic carbocycles. The van der Waals surface area contributed by atoms with Gasteiger partial charge in [0.15, 0.2) is 0 Å². The van der Waals surface area contributed by atoms with Gasteiger partial charge in [-0.1, -0.05) is 28.1 Å². The number of H-pyrrole nitrogens is 1. The number of benzene rings is 2. The number of rotatable bonds is 1. The maximum Gasteiger partial charge on any atom is 0.139 e. The summed E-state index contributed by atoms with van der Waals surface area (Å²) < 4.78 is 1.07. The number of aromatic nitrogens is 2. The van der Waals surface area contributed by atoms with Crippen molar-refractivity contribution in [2.45, 2.75) is 20.8 Å². The van der Waals surface area contributed by atoms with Crippen LogP contribution in [-0.2, 0) is 0 Å². The minimum atomic E-state index is 0.913. The number of halogens is 1. The SMILES string of the molecule is Cc1ccc(-c2nc3c(C)cc(C)cc3[nH]2)c(Br)c1. The number of imidazole rings is 1. The minimum Gasteiger partial charge on any atom is -0.338 e. The van der Waals surface area contributed by atoms with Crippen LogP contribution >= 0.6 is 15.9 Å². The van der Waals surface area contributed by atoms with Crippen LogP contribution < -0.4 is 0 Å². The molecule has 1 N–H and O–H groups in total. The Morgan fingerprint density at radius 3 is 2.53 bits per heavy atom. The van der Waals surface area contributed by atoms with Gasteiger partial charge in [0.2, 0.25) is 0 Å². The normalized spacial score (nSPS) is 11.2. The molecule has 0 amide bonds. The monoisotopic (exact) mass is 314 g/mol. The molecule has 1 heterocycles. The Kier molecular flexibility index (Phi) is 2.94. The second kappa shape index (κ2) is 4.49. The van der Waals surface area contributed by atoms with Crippen molar-refractivity contribution in [2.75, 3.05) is 0 Å². The van der Waals surface area contributed by atoms with E-state index in [0.717, 1.165) is 26.9 Å². The van der Waals surface area contributed by atoms with Crippen LogP contribution in [-0.4, -0.2) is 9.97 Å². The van der Waals surface area contributed by atoms with Gasteiger partial charge in [-0.25, -0.2) is 4.98 Å². The van der Waals surface area contributed by atoms with E-state index in [2.05, 4.69) is 72.0 Å². The largest absolute Gasteiger partial charge is 0.338 e. The topological polar surface area (TPSA) is 28.7 Å². The maximum absolute atomic E-state index is 4.73. The smallest absolute Gasteiger partial charge is 0.139 e. The molecule has 0 radical (unpaired) electrons. The molecule has 2 aromatic carbocycles. The van der Waals surface area contributed by atoms with E-state index < -0.39 is 0 Å². The summed E-state index contributed by atoms with van der Waals surface area (Å²) in [5, 5.41) is 0. The summed E-state index contributed by atoms with van der Waals surface area (Å²) in [7, 11) is 0. The molecule has 0 saturated carbocycles. The Bertz CT molecular complexity index is 772. The minimum absolute atomic E-state index is 0.913. The van der Waals surface area contributed by atoms with Gasteiger partial charge in [0.25, 0.3) is 0 Å². The Labute approximate surface area is 121 Å². The van der Waals surface area contributed by atoms with Gasteiger partial charge in [0.1, 0.15) is 5.82 Å². The number of nitrogens with one attached hydrogen (secondary N) is 1. The predicted molar refractivity (Wildman–Crippen MR) is 83.4 cm³/mol. The van der Waals surface area contributed by atoms with Crippen LogP contribution in [0.3, 0.4) is 0 Å². The van der Waals surface area contributed by atoms with Crippen molar-refractivity contribution in [1.82, 2.24) is 9.97 Å². The number of hydrogen-bond acceptors (Lipinski definition) is 1. The molecular formula is C16H15BrN2. The molecule has 1 aromatic heterocycles. The Balaban J connectivity index is 2.23. The highest BCUT2D eigenvalue weighted by molar-refractivity contribution is 9.10. The summed E-state index contributed by atoms with van der Waals surface area (Å²) in [4.78, 5) is 8.14. The highest BCUT2D eigenvalue weighted by atomic mass is 79.9. The van der Waals surface area contributed by atoms with E-state index in [9.17, 15) is 0 Å². The van der Waals surface area contributed by atoms with E-state index in [1.165, 1.54) is 16.7 Å². The van der Waals surface area contributed by atoms with Crippen molar-refractivity contribution >= 4 is 27.0 Å². The predicted octanol–water partition coefficient (Wildman–Crippen LogP) is 4.92. The van der Waals surface area contributed by atoms with Crippen LogP contribution in [0.4, 0.5) is 0 Å². The molecule has 0 saturated heterocycles. The van der Waals surface area contributed by atoms with Gasteiger partial charge in [0.05, 0.1) is 11.0 Å². The summed E-state index contributed by atoms with van der Waals surface area (Å²) in [5.74, 6) is 0.913. The molecular weight excluding hydrogens is 300 g/mol. The molecule has 0 aliphatic heterocycles. The van der Waals surface area contributed by atoms with Crippen molar-refractivity contribution in [3.8, 4) is 11.4 Å². The molecule has 0 atom stereocenters. The lowest BCUT2D eigenvalue weighted by molar-refractivity contribution is 1.31. The van der Waals surface area contributed by atoms with Gasteiger partial charge < -0.3 is 4.98 Å². The van der Waals surface area contributed by atoms with Crippen molar-refractivity contribution in [2.24, 2.45) is 0 Å². The van der Waals surface area contributed by atoms with E-state index in [0.29, 0.717) is 0 Å². The van der Waals surface area contributed by atoms with E-state index in [4.69, 9.17) is 4.98 Å². The highest BCUT2D eigenvalue weighted by Crippen LogP contribution is 2.29. The average Bonchev–Trinajstić information content (AvgIpc) is 2.72. The molecule has 0 bridgehead atoms. The molecule has 3 heteroatoms. The molecule has 0 unspecified atom stereocenters. The number of fused-ring (bicyclic) bond motifs is 1. The van der Waals surface area contributed by atoms with E-state index in [1.807, 2.05) is 0 Å². The third kappa shape index (κ3) is 2.19. The van der Waals surface area contributed by atoms with Gasteiger partial charge in [-0.05, 0) is 55.7 Å². The molecule has 3 rings (SSSR count). The lowest BCUT2D eigenvalue weighted by Crippen LogP contribution is -1.83. The number of aromatic amines is 1. The number of aryl methyl sites for hydroxylation is 3. The van der Waals surface area contributed by atoms with Gasteiger partial charge in [-0.3, -0.25) is 0 Å². The van der Waals surface area contributed by atoms with Crippen LogP contribution in [0.15, 0.2) is 34.8 Å². The zero-order valence-corrected chi connectivity index (χ0v) is 12.8. The van der Waals surface area contributed by atoms with Crippen molar-refractivity contribution in [1.29, 1.82) is 0 Å². The molecule has 0 spiro atoms. The third-order valence-electron chi connectivity index (χ3n) is 3.30. The van der Waals surface area contributed by atoms with Crippen LogP contribution in [0.1, 0.15) is 16.7 Å². The van der Waals surface area contributed by atoms with E-state index in [-0.39, 0.29) is 0 Å². The Hall–Kier alpha value is -1.61. The van der Waals surface area contributed by atoms with Crippen molar-refractivity contribution in [3.63, 3.8) is 0 Å².